The van der Waals surface area contributed by atoms with E-state index in [1.807, 2.05) is 21.7 Å². The van der Waals surface area contributed by atoms with E-state index in [1.54, 1.807) is 17.7 Å². The maximum Gasteiger partial charge on any atom is 0.264 e. The highest BCUT2D eigenvalue weighted by molar-refractivity contribution is 7.21. The number of pyridine rings is 1. The minimum Gasteiger partial charge on any atom is -0.354 e. The van der Waals surface area contributed by atoms with Crippen molar-refractivity contribution in [3.8, 4) is 11.3 Å². The molecule has 1 aliphatic heterocycles. The van der Waals surface area contributed by atoms with Crippen LogP contribution in [0, 0.1) is 6.92 Å². The maximum absolute atomic E-state index is 13.3. The van der Waals surface area contributed by atoms with Gasteiger partial charge in [0.05, 0.1) is 20.8 Å². The van der Waals surface area contributed by atoms with Gasteiger partial charge in [-0.25, -0.2) is 9.50 Å². The van der Waals surface area contributed by atoms with E-state index in [9.17, 15) is 4.79 Å². The number of carbonyl (C=O) groups is 1. The monoisotopic (exact) mass is 436 g/mol. The number of thiophene rings is 1. The largest absolute Gasteiger partial charge is 0.354 e. The Balaban J connectivity index is 1.58. The summed E-state index contributed by atoms with van der Waals surface area (Å²) in [5, 5.41) is 7.77. The number of amides is 1. The first kappa shape index (κ1) is 20.2. The Labute approximate surface area is 185 Å². The Morgan fingerprint density at radius 3 is 2.87 bits per heavy atom. The molecule has 1 amide bonds. The van der Waals surface area contributed by atoms with Crippen LogP contribution in [0.15, 0.2) is 24.7 Å². The third-order valence-electron chi connectivity index (χ3n) is 6.17. The highest BCUT2D eigenvalue weighted by atomic mass is 32.1. The zero-order valence-electron chi connectivity index (χ0n) is 18.6. The summed E-state index contributed by atoms with van der Waals surface area (Å²) in [5.74, 6) is 0.446. The van der Waals surface area contributed by atoms with Crippen LogP contribution < -0.4 is 5.32 Å². The molecule has 0 spiro atoms. The lowest BCUT2D eigenvalue weighted by atomic mass is 9.99. The Bertz CT molecular complexity index is 1280. The Hall–Kier alpha value is -2.71. The first-order valence-corrected chi connectivity index (χ1v) is 11.6. The van der Waals surface area contributed by atoms with E-state index in [1.165, 1.54) is 10.3 Å². The number of piperazine rings is 1. The van der Waals surface area contributed by atoms with Crippen molar-refractivity contribution in [2.75, 3.05) is 13.1 Å². The van der Waals surface area contributed by atoms with Crippen LogP contribution in [0.5, 0.6) is 0 Å². The number of H-pyrrole nitrogens is 1. The number of nitrogens with zero attached hydrogens (tertiary/aromatic N) is 4. The Kier molecular flexibility index (Phi) is 4.86. The smallest absolute Gasteiger partial charge is 0.264 e. The van der Waals surface area contributed by atoms with Gasteiger partial charge >= 0.3 is 0 Å². The number of aromatic amines is 1. The fourth-order valence-electron chi connectivity index (χ4n) is 4.56. The molecule has 0 aliphatic carbocycles. The molecule has 162 valence electrons. The van der Waals surface area contributed by atoms with E-state index in [0.29, 0.717) is 12.0 Å². The predicted molar refractivity (Wildman–Crippen MR) is 125 cm³/mol. The summed E-state index contributed by atoms with van der Waals surface area (Å²) in [5.41, 5.74) is 6.41. The summed E-state index contributed by atoms with van der Waals surface area (Å²) in [6.45, 7) is 12.3. The van der Waals surface area contributed by atoms with Crippen molar-refractivity contribution in [3.63, 3.8) is 0 Å². The van der Waals surface area contributed by atoms with Crippen LogP contribution in [0.3, 0.4) is 0 Å². The predicted octanol–water partition coefficient (Wildman–Crippen LogP) is 4.19. The summed E-state index contributed by atoms with van der Waals surface area (Å²) in [7, 11) is 0. The number of aryl methyl sites for hydroxylation is 1. The van der Waals surface area contributed by atoms with E-state index in [2.05, 4.69) is 61.1 Å². The van der Waals surface area contributed by atoms with Crippen molar-refractivity contribution in [1.82, 2.24) is 29.8 Å². The second-order valence-corrected chi connectivity index (χ2v) is 10.0. The number of carbonyl (C=O) groups excluding carboxylic acids is 1. The van der Waals surface area contributed by atoms with Crippen LogP contribution in [-0.4, -0.2) is 55.6 Å². The van der Waals surface area contributed by atoms with Crippen LogP contribution in [0.1, 0.15) is 54.4 Å². The van der Waals surface area contributed by atoms with Gasteiger partial charge in [0.15, 0.2) is 5.65 Å². The molecule has 31 heavy (non-hydrogen) atoms. The van der Waals surface area contributed by atoms with Crippen LogP contribution >= 0.6 is 11.3 Å². The molecule has 0 bridgehead atoms. The minimum absolute atomic E-state index is 0.131. The minimum atomic E-state index is 0.131. The zero-order chi connectivity index (χ0) is 21.9. The number of fused-ring (bicyclic) bond motifs is 2. The van der Waals surface area contributed by atoms with Gasteiger partial charge in [-0.3, -0.25) is 4.79 Å². The molecular formula is C23H28N6OS. The van der Waals surface area contributed by atoms with Crippen molar-refractivity contribution >= 4 is 33.1 Å². The Morgan fingerprint density at radius 2 is 2.10 bits per heavy atom. The quantitative estimate of drug-likeness (QED) is 0.505. The molecule has 8 heteroatoms. The summed E-state index contributed by atoms with van der Waals surface area (Å²) >= 11 is 1.60. The van der Waals surface area contributed by atoms with E-state index >= 15 is 0 Å². The number of hydrogen-bond acceptors (Lipinski definition) is 5. The molecular weight excluding hydrogens is 408 g/mol. The number of hydrogen-bond donors (Lipinski definition) is 2. The van der Waals surface area contributed by atoms with Gasteiger partial charge in [0.2, 0.25) is 0 Å². The van der Waals surface area contributed by atoms with Crippen LogP contribution in [0.4, 0.5) is 0 Å². The molecule has 5 heterocycles. The maximum atomic E-state index is 13.3. The molecule has 2 N–H and O–H groups in total. The molecule has 1 aliphatic rings. The van der Waals surface area contributed by atoms with Gasteiger partial charge in [0.25, 0.3) is 5.91 Å². The molecule has 7 nitrogen and oxygen atoms in total. The summed E-state index contributed by atoms with van der Waals surface area (Å²) in [6.07, 6.45) is 3.60. The van der Waals surface area contributed by atoms with Gasteiger partial charge in [-0.15, -0.1) is 11.3 Å². The van der Waals surface area contributed by atoms with Crippen molar-refractivity contribution < 1.29 is 4.79 Å². The highest BCUT2D eigenvalue weighted by Crippen LogP contribution is 2.40. The summed E-state index contributed by atoms with van der Waals surface area (Å²) < 4.78 is 2.99. The molecule has 4 aromatic heterocycles. The lowest BCUT2D eigenvalue weighted by Crippen LogP contribution is -2.56. The van der Waals surface area contributed by atoms with Gasteiger partial charge in [-0.05, 0) is 49.9 Å². The molecule has 0 aromatic carbocycles. The average Bonchev–Trinajstić information content (AvgIpc) is 3.42. The second kappa shape index (κ2) is 7.46. The standard InChI is InChI=1S/C23H28N6OS/c1-12(2)19-20(16-6-13(3)22-25-11-26-29(22)10-16)27-17-7-18(31-21(17)19)23(30)28-9-14(4)24-8-15(28)5/h6-7,10-12,14-15,24,27H,8-9H2,1-5H3/t14-,15+/m1/s1. The van der Waals surface area contributed by atoms with Gasteiger partial charge in [-0.1, -0.05) is 13.8 Å². The van der Waals surface area contributed by atoms with Crippen molar-refractivity contribution in [2.45, 2.75) is 52.6 Å². The first-order valence-electron chi connectivity index (χ1n) is 10.8. The fourth-order valence-corrected chi connectivity index (χ4v) is 5.83. The topological polar surface area (TPSA) is 78.3 Å². The average molecular weight is 437 g/mol. The molecule has 2 atom stereocenters. The molecule has 5 rings (SSSR count). The Morgan fingerprint density at radius 1 is 1.29 bits per heavy atom. The lowest BCUT2D eigenvalue weighted by molar-refractivity contribution is 0.0621. The SMILES string of the molecule is Cc1cc(-c2[nH]c3cc(C(=O)N4C[C@@H](C)NC[C@@H]4C)sc3c2C(C)C)cn2ncnc12. The third-order valence-corrected chi connectivity index (χ3v) is 7.32. The van der Waals surface area contributed by atoms with Gasteiger partial charge < -0.3 is 15.2 Å². The third kappa shape index (κ3) is 3.34. The molecule has 4 aromatic rings. The van der Waals surface area contributed by atoms with Crippen molar-refractivity contribution in [1.29, 1.82) is 0 Å². The first-order chi connectivity index (χ1) is 14.8. The normalized spacial score (nSPS) is 19.7. The van der Waals surface area contributed by atoms with E-state index < -0.39 is 0 Å². The zero-order valence-corrected chi connectivity index (χ0v) is 19.4. The van der Waals surface area contributed by atoms with Gasteiger partial charge in [0.1, 0.15) is 6.33 Å². The molecule has 0 saturated carbocycles. The molecule has 0 unspecified atom stereocenters. The molecule has 1 fully saturated rings. The number of aromatic nitrogens is 4. The van der Waals surface area contributed by atoms with Crippen molar-refractivity contribution in [3.05, 3.63) is 40.7 Å². The van der Waals surface area contributed by atoms with Gasteiger partial charge in [-0.2, -0.15) is 5.10 Å². The summed E-state index contributed by atoms with van der Waals surface area (Å²) in [6, 6.07) is 4.69. The number of nitrogens with one attached hydrogen (secondary N) is 2. The molecule has 0 radical (unpaired) electrons. The van der Waals surface area contributed by atoms with E-state index in [0.717, 1.165) is 46.0 Å². The van der Waals surface area contributed by atoms with Crippen molar-refractivity contribution in [2.24, 2.45) is 0 Å². The highest BCUT2D eigenvalue weighted by Gasteiger charge is 2.29. The van der Waals surface area contributed by atoms with Crippen LogP contribution in [-0.2, 0) is 0 Å². The van der Waals surface area contributed by atoms with Gasteiger partial charge in [0, 0.05) is 36.9 Å². The van der Waals surface area contributed by atoms with Crippen LogP contribution in [0.2, 0.25) is 0 Å². The van der Waals surface area contributed by atoms with E-state index in [-0.39, 0.29) is 11.9 Å². The lowest BCUT2D eigenvalue weighted by Gasteiger charge is -2.37. The van der Waals surface area contributed by atoms with Crippen LogP contribution in [0.25, 0.3) is 27.1 Å². The number of rotatable bonds is 3. The fraction of sp³-hybridized carbons (Fsp3) is 0.435. The molecule has 1 saturated heterocycles. The summed E-state index contributed by atoms with van der Waals surface area (Å²) in [4.78, 5) is 24.0. The van der Waals surface area contributed by atoms with E-state index in [4.69, 9.17) is 0 Å². The second-order valence-electron chi connectivity index (χ2n) is 8.98.